The van der Waals surface area contributed by atoms with Crippen LogP contribution in [0.4, 0.5) is 4.39 Å². The smallest absolute Gasteiger partial charge is 0.222 e. The minimum atomic E-state index is -0.745. The van der Waals surface area contributed by atoms with Crippen LogP contribution >= 0.6 is 0 Å². The third-order valence-electron chi connectivity index (χ3n) is 3.50. The van der Waals surface area contributed by atoms with Crippen molar-refractivity contribution < 1.29 is 10.6 Å². The summed E-state index contributed by atoms with van der Waals surface area (Å²) < 4.78 is 13.4. The van der Waals surface area contributed by atoms with E-state index in [4.69, 9.17) is 0 Å². The van der Waals surface area contributed by atoms with Crippen LogP contribution in [-0.2, 0) is 4.79 Å². The first kappa shape index (κ1) is 22.6. The number of rotatable bonds is 10. The fourth-order valence-corrected chi connectivity index (χ4v) is 1.87. The number of nitrogens with zero attached hydrogens (tertiary/aromatic N) is 1. The fourth-order valence-electron chi connectivity index (χ4n) is 1.87. The zero-order valence-corrected chi connectivity index (χ0v) is 15.2. The van der Waals surface area contributed by atoms with Crippen LogP contribution < -0.4 is 5.32 Å². The van der Waals surface area contributed by atoms with Crippen molar-refractivity contribution in [3.8, 4) is 0 Å². The Morgan fingerprint density at radius 2 is 1.76 bits per heavy atom. The Kier molecular flexibility index (Phi) is 15.4. The topological polar surface area (TPSA) is 32.3 Å². The van der Waals surface area contributed by atoms with Crippen LogP contribution in [0, 0.1) is 5.92 Å². The first-order valence-corrected chi connectivity index (χ1v) is 8.61. The number of hydrogen-bond acceptors (Lipinski definition) is 2. The number of nitrogens with one attached hydrogen (secondary N) is 1. The second-order valence-electron chi connectivity index (χ2n) is 5.46. The predicted molar refractivity (Wildman–Crippen MR) is 92.4 cm³/mol. The largest absolute Gasteiger partial charge is 0.353 e. The molecule has 0 aliphatic heterocycles. The van der Waals surface area contributed by atoms with Crippen LogP contribution in [0.2, 0.25) is 0 Å². The standard InChI is InChI=1S/C15H31FN2O.C2H6.H2/c1-6-13(16)11-18(8-3)10-9-14(7-2)17-15(19)12(4)5;1-2;/h12-14H,6-11H2,1-5H3,(H,17,19);1-2H3;1H/t13-,14?;;/m1../s1. The summed E-state index contributed by atoms with van der Waals surface area (Å²) in [5.74, 6) is 0.124. The van der Waals surface area contributed by atoms with E-state index in [1.807, 2.05) is 34.6 Å². The molecule has 1 N–H and O–H groups in total. The fraction of sp³-hybridized carbons (Fsp3) is 0.941. The van der Waals surface area contributed by atoms with Gasteiger partial charge in [-0.3, -0.25) is 4.79 Å². The molecule has 0 aromatic carbocycles. The van der Waals surface area contributed by atoms with E-state index in [0.717, 1.165) is 25.9 Å². The van der Waals surface area contributed by atoms with Gasteiger partial charge in [0.15, 0.2) is 0 Å². The lowest BCUT2D eigenvalue weighted by Gasteiger charge is -2.25. The van der Waals surface area contributed by atoms with Gasteiger partial charge in [0.1, 0.15) is 6.17 Å². The molecule has 0 fully saturated rings. The summed E-state index contributed by atoms with van der Waals surface area (Å²) in [7, 11) is 0. The van der Waals surface area contributed by atoms with Gasteiger partial charge in [0.2, 0.25) is 5.91 Å². The lowest BCUT2D eigenvalue weighted by molar-refractivity contribution is -0.124. The summed E-state index contributed by atoms with van der Waals surface area (Å²) in [6, 6.07) is 0.198. The van der Waals surface area contributed by atoms with E-state index < -0.39 is 6.17 Å². The Morgan fingerprint density at radius 3 is 2.14 bits per heavy atom. The summed E-state index contributed by atoms with van der Waals surface area (Å²) in [6.07, 6.45) is 1.63. The molecular weight excluding hydrogens is 267 g/mol. The normalized spacial score (nSPS) is 13.6. The van der Waals surface area contributed by atoms with Gasteiger partial charge in [0.05, 0.1) is 0 Å². The van der Waals surface area contributed by atoms with Gasteiger partial charge in [-0.2, -0.15) is 0 Å². The second-order valence-corrected chi connectivity index (χ2v) is 5.46. The minimum Gasteiger partial charge on any atom is -0.353 e. The van der Waals surface area contributed by atoms with Crippen molar-refractivity contribution in [2.75, 3.05) is 19.6 Å². The maximum Gasteiger partial charge on any atom is 0.222 e. The van der Waals surface area contributed by atoms with E-state index in [1.54, 1.807) is 0 Å². The Hall–Kier alpha value is -0.640. The molecule has 4 heteroatoms. The predicted octanol–water partition coefficient (Wildman–Crippen LogP) is 4.27. The molecule has 0 aromatic heterocycles. The molecule has 0 radical (unpaired) electrons. The maximum atomic E-state index is 13.4. The molecule has 0 rings (SSSR count). The van der Waals surface area contributed by atoms with E-state index in [0.29, 0.717) is 13.0 Å². The number of halogens is 1. The Bertz CT molecular complexity index is 253. The lowest BCUT2D eigenvalue weighted by atomic mass is 10.1. The van der Waals surface area contributed by atoms with Gasteiger partial charge < -0.3 is 10.2 Å². The van der Waals surface area contributed by atoms with Crippen LogP contribution in [-0.4, -0.2) is 42.7 Å². The van der Waals surface area contributed by atoms with Crippen LogP contribution in [0.5, 0.6) is 0 Å². The van der Waals surface area contributed by atoms with Crippen molar-refractivity contribution in [2.45, 2.75) is 79.9 Å². The summed E-state index contributed by atoms with van der Waals surface area (Å²) in [6.45, 7) is 16.0. The minimum absolute atomic E-state index is 0. The molecule has 0 aliphatic rings. The molecule has 0 saturated heterocycles. The van der Waals surface area contributed by atoms with Gasteiger partial charge >= 0.3 is 0 Å². The summed E-state index contributed by atoms with van der Waals surface area (Å²) in [5.41, 5.74) is 0. The number of hydrogen-bond donors (Lipinski definition) is 1. The molecule has 1 amide bonds. The van der Waals surface area contributed by atoms with E-state index >= 15 is 0 Å². The van der Waals surface area contributed by atoms with Crippen LogP contribution in [0.1, 0.15) is 69.2 Å². The Labute approximate surface area is 133 Å². The first-order chi connectivity index (χ1) is 9.94. The maximum absolute atomic E-state index is 13.4. The molecule has 0 aliphatic carbocycles. The van der Waals surface area contributed by atoms with Gasteiger partial charge in [-0.1, -0.05) is 48.5 Å². The summed E-state index contributed by atoms with van der Waals surface area (Å²) >= 11 is 0. The molecule has 2 atom stereocenters. The average Bonchev–Trinajstić information content (AvgIpc) is 2.50. The highest BCUT2D eigenvalue weighted by Crippen LogP contribution is 2.06. The lowest BCUT2D eigenvalue weighted by Crippen LogP contribution is -2.40. The van der Waals surface area contributed by atoms with Gasteiger partial charge in [-0.05, 0) is 25.8 Å². The van der Waals surface area contributed by atoms with Gasteiger partial charge in [0, 0.05) is 26.5 Å². The first-order valence-electron chi connectivity index (χ1n) is 8.61. The molecule has 0 saturated carbocycles. The third kappa shape index (κ3) is 11.7. The molecule has 0 spiro atoms. The number of carbonyl (C=O) groups is 1. The van der Waals surface area contributed by atoms with Crippen molar-refractivity contribution in [3.63, 3.8) is 0 Å². The van der Waals surface area contributed by atoms with E-state index in [2.05, 4.69) is 24.1 Å². The van der Waals surface area contributed by atoms with E-state index in [1.165, 1.54) is 0 Å². The zero-order valence-electron chi connectivity index (χ0n) is 15.2. The van der Waals surface area contributed by atoms with Crippen molar-refractivity contribution in [3.05, 3.63) is 0 Å². The summed E-state index contributed by atoms with van der Waals surface area (Å²) in [5, 5.41) is 3.05. The van der Waals surface area contributed by atoms with Crippen molar-refractivity contribution in [1.82, 2.24) is 10.2 Å². The van der Waals surface area contributed by atoms with Gasteiger partial charge in [0.25, 0.3) is 0 Å². The molecule has 130 valence electrons. The second kappa shape index (κ2) is 14.3. The number of carbonyl (C=O) groups excluding carboxylic acids is 1. The van der Waals surface area contributed by atoms with Crippen molar-refractivity contribution in [1.29, 1.82) is 0 Å². The summed E-state index contributed by atoms with van der Waals surface area (Å²) in [4.78, 5) is 13.8. The SMILES string of the molecule is CC.CCC(CCN(CC)C[C@H](F)CC)NC(=O)C(C)C.[HH]. The van der Waals surface area contributed by atoms with Crippen molar-refractivity contribution >= 4 is 5.91 Å². The quantitative estimate of drug-likeness (QED) is 0.653. The van der Waals surface area contributed by atoms with Crippen LogP contribution in [0.15, 0.2) is 0 Å². The van der Waals surface area contributed by atoms with Crippen molar-refractivity contribution in [2.24, 2.45) is 5.92 Å². The average molecular weight is 307 g/mol. The van der Waals surface area contributed by atoms with Gasteiger partial charge in [-0.15, -0.1) is 0 Å². The van der Waals surface area contributed by atoms with Crippen LogP contribution in [0.3, 0.4) is 0 Å². The monoisotopic (exact) mass is 306 g/mol. The zero-order chi connectivity index (χ0) is 16.8. The van der Waals surface area contributed by atoms with Crippen LogP contribution in [0.25, 0.3) is 0 Å². The highest BCUT2D eigenvalue weighted by atomic mass is 19.1. The number of amides is 1. The highest BCUT2D eigenvalue weighted by Gasteiger charge is 2.15. The Balaban J connectivity index is -0.00000115. The highest BCUT2D eigenvalue weighted by molar-refractivity contribution is 5.78. The van der Waals surface area contributed by atoms with E-state index in [9.17, 15) is 9.18 Å². The molecule has 0 heterocycles. The molecule has 3 nitrogen and oxygen atoms in total. The molecule has 0 aromatic rings. The molecular formula is C17H39FN2O. The third-order valence-corrected chi connectivity index (χ3v) is 3.50. The number of alkyl halides is 1. The van der Waals surface area contributed by atoms with Gasteiger partial charge in [-0.25, -0.2) is 4.39 Å². The van der Waals surface area contributed by atoms with E-state index in [-0.39, 0.29) is 19.3 Å². The molecule has 21 heavy (non-hydrogen) atoms. The molecule has 1 unspecified atom stereocenters. The molecule has 0 bridgehead atoms. The Morgan fingerprint density at radius 1 is 1.19 bits per heavy atom.